The highest BCUT2D eigenvalue weighted by Gasteiger charge is 2.29. The van der Waals surface area contributed by atoms with E-state index in [1.165, 1.54) is 0 Å². The Labute approximate surface area is 122 Å². The summed E-state index contributed by atoms with van der Waals surface area (Å²) in [4.78, 5) is 14.3. The van der Waals surface area contributed by atoms with E-state index in [1.54, 1.807) is 0 Å². The van der Waals surface area contributed by atoms with Gasteiger partial charge in [-0.15, -0.1) is 0 Å². The van der Waals surface area contributed by atoms with Crippen molar-refractivity contribution in [3.05, 3.63) is 28.2 Å². The zero-order valence-electron chi connectivity index (χ0n) is 11.4. The van der Waals surface area contributed by atoms with Gasteiger partial charge >= 0.3 is 0 Å². The lowest BCUT2D eigenvalue weighted by atomic mass is 10.1. The van der Waals surface area contributed by atoms with Gasteiger partial charge in [0.2, 0.25) is 5.91 Å². The Balaban J connectivity index is 1.97. The van der Waals surface area contributed by atoms with Crippen LogP contribution in [-0.4, -0.2) is 37.0 Å². The number of rotatable bonds is 6. The standard InChI is InChI=1S/C14H20BrN3O/c1-3-18(4-2)8-7-16-13-11-6-5-10(15)9-12(11)17-14(13)19/h5-6,9,13,16H,3-4,7-8H2,1-2H3,(H,17,19). The molecule has 104 valence electrons. The molecule has 1 aromatic rings. The predicted molar refractivity (Wildman–Crippen MR) is 81.3 cm³/mol. The van der Waals surface area contributed by atoms with Crippen molar-refractivity contribution in [1.29, 1.82) is 0 Å². The summed E-state index contributed by atoms with van der Waals surface area (Å²) in [6.07, 6.45) is 0. The van der Waals surface area contributed by atoms with Gasteiger partial charge in [-0.25, -0.2) is 0 Å². The molecule has 2 rings (SSSR count). The minimum atomic E-state index is -0.223. The SMILES string of the molecule is CCN(CC)CCNC1C(=O)Nc2cc(Br)ccc21. The number of carbonyl (C=O) groups excluding carboxylic acids is 1. The number of hydrogen-bond acceptors (Lipinski definition) is 3. The molecule has 1 aliphatic rings. The topological polar surface area (TPSA) is 44.4 Å². The van der Waals surface area contributed by atoms with Gasteiger partial charge in [0.25, 0.3) is 0 Å². The fraction of sp³-hybridized carbons (Fsp3) is 0.500. The van der Waals surface area contributed by atoms with Gasteiger partial charge in [-0.3, -0.25) is 4.79 Å². The van der Waals surface area contributed by atoms with Gasteiger partial charge in [-0.2, -0.15) is 0 Å². The molecule has 4 nitrogen and oxygen atoms in total. The smallest absolute Gasteiger partial charge is 0.246 e. The van der Waals surface area contributed by atoms with Crippen LogP contribution in [0.25, 0.3) is 0 Å². The molecule has 1 heterocycles. The number of carbonyl (C=O) groups is 1. The molecule has 19 heavy (non-hydrogen) atoms. The molecule has 2 N–H and O–H groups in total. The van der Waals surface area contributed by atoms with Gasteiger partial charge in [-0.1, -0.05) is 35.8 Å². The predicted octanol–water partition coefficient (Wildman–Crippen LogP) is 2.37. The van der Waals surface area contributed by atoms with Gasteiger partial charge in [0.05, 0.1) is 0 Å². The van der Waals surface area contributed by atoms with Crippen molar-refractivity contribution in [3.8, 4) is 0 Å². The maximum absolute atomic E-state index is 12.0. The third-order valence-corrected chi connectivity index (χ3v) is 4.01. The molecule has 5 heteroatoms. The second-order valence-electron chi connectivity index (χ2n) is 4.63. The number of nitrogens with zero attached hydrogens (tertiary/aromatic N) is 1. The highest BCUT2D eigenvalue weighted by Crippen LogP contribution is 2.32. The number of hydrogen-bond donors (Lipinski definition) is 2. The Morgan fingerprint density at radius 3 is 2.79 bits per heavy atom. The zero-order valence-corrected chi connectivity index (χ0v) is 13.0. The fourth-order valence-electron chi connectivity index (χ4n) is 2.34. The van der Waals surface area contributed by atoms with Crippen LogP contribution in [0.4, 0.5) is 5.69 Å². The first kappa shape index (κ1) is 14.5. The van der Waals surface area contributed by atoms with Crippen LogP contribution >= 0.6 is 15.9 Å². The first-order valence-electron chi connectivity index (χ1n) is 6.71. The van der Waals surface area contributed by atoms with E-state index in [0.717, 1.165) is 41.9 Å². The number of halogens is 1. The molecule has 1 aliphatic heterocycles. The summed E-state index contributed by atoms with van der Waals surface area (Å²) in [5.41, 5.74) is 1.94. The average Bonchev–Trinajstić information content (AvgIpc) is 2.70. The van der Waals surface area contributed by atoms with Crippen molar-refractivity contribution in [1.82, 2.24) is 10.2 Å². The first-order valence-corrected chi connectivity index (χ1v) is 7.51. The van der Waals surface area contributed by atoms with Crippen molar-refractivity contribution in [2.24, 2.45) is 0 Å². The maximum Gasteiger partial charge on any atom is 0.246 e. The van der Waals surface area contributed by atoms with Crippen molar-refractivity contribution in [2.45, 2.75) is 19.9 Å². The summed E-state index contributed by atoms with van der Waals surface area (Å²) in [7, 11) is 0. The molecule has 0 fully saturated rings. The van der Waals surface area contributed by atoms with Crippen LogP contribution in [0.15, 0.2) is 22.7 Å². The molecule has 0 spiro atoms. The minimum Gasteiger partial charge on any atom is -0.324 e. The summed E-state index contributed by atoms with van der Waals surface area (Å²) in [6.45, 7) is 8.16. The quantitative estimate of drug-likeness (QED) is 0.844. The number of benzene rings is 1. The number of fused-ring (bicyclic) bond motifs is 1. The van der Waals surface area contributed by atoms with E-state index in [-0.39, 0.29) is 11.9 Å². The van der Waals surface area contributed by atoms with Crippen LogP contribution in [-0.2, 0) is 4.79 Å². The lowest BCUT2D eigenvalue weighted by molar-refractivity contribution is -0.117. The number of nitrogens with one attached hydrogen (secondary N) is 2. The second kappa shape index (κ2) is 6.50. The van der Waals surface area contributed by atoms with Gasteiger partial charge in [0.15, 0.2) is 0 Å². The molecule has 0 radical (unpaired) electrons. The monoisotopic (exact) mass is 325 g/mol. The Morgan fingerprint density at radius 2 is 2.11 bits per heavy atom. The molecule has 0 bridgehead atoms. The van der Waals surface area contributed by atoms with Crippen LogP contribution in [0.1, 0.15) is 25.5 Å². The minimum absolute atomic E-state index is 0.0349. The van der Waals surface area contributed by atoms with Gasteiger partial charge in [0.1, 0.15) is 6.04 Å². The second-order valence-corrected chi connectivity index (χ2v) is 5.55. The van der Waals surface area contributed by atoms with Crippen molar-refractivity contribution >= 4 is 27.5 Å². The third kappa shape index (κ3) is 3.35. The molecule has 1 amide bonds. The highest BCUT2D eigenvalue weighted by atomic mass is 79.9. The number of amides is 1. The zero-order chi connectivity index (χ0) is 13.8. The summed E-state index contributed by atoms with van der Waals surface area (Å²) < 4.78 is 0.982. The molecule has 0 aromatic heterocycles. The molecule has 1 unspecified atom stereocenters. The molecule has 1 atom stereocenters. The largest absolute Gasteiger partial charge is 0.324 e. The molecule has 1 aromatic carbocycles. The summed E-state index contributed by atoms with van der Waals surface area (Å²) in [5.74, 6) is 0.0349. The Morgan fingerprint density at radius 1 is 1.37 bits per heavy atom. The van der Waals surface area contributed by atoms with Gasteiger partial charge in [0, 0.05) is 28.8 Å². The summed E-state index contributed by atoms with van der Waals surface area (Å²) in [5, 5.41) is 6.25. The molecular weight excluding hydrogens is 306 g/mol. The van der Waals surface area contributed by atoms with E-state index < -0.39 is 0 Å². The molecule has 0 saturated carbocycles. The van der Waals surface area contributed by atoms with E-state index in [2.05, 4.69) is 45.3 Å². The third-order valence-electron chi connectivity index (χ3n) is 3.52. The molecule has 0 saturated heterocycles. The van der Waals surface area contributed by atoms with E-state index in [1.807, 2.05) is 18.2 Å². The van der Waals surface area contributed by atoms with Crippen LogP contribution < -0.4 is 10.6 Å². The fourth-order valence-corrected chi connectivity index (χ4v) is 2.71. The van der Waals surface area contributed by atoms with Crippen LogP contribution in [0.5, 0.6) is 0 Å². The van der Waals surface area contributed by atoms with E-state index in [4.69, 9.17) is 0 Å². The average molecular weight is 326 g/mol. The van der Waals surface area contributed by atoms with Gasteiger partial charge < -0.3 is 15.5 Å². The summed E-state index contributed by atoms with van der Waals surface area (Å²) in [6, 6.07) is 5.68. The van der Waals surface area contributed by atoms with Crippen LogP contribution in [0.2, 0.25) is 0 Å². The lowest BCUT2D eigenvalue weighted by Gasteiger charge is -2.19. The van der Waals surface area contributed by atoms with Crippen LogP contribution in [0, 0.1) is 0 Å². The van der Waals surface area contributed by atoms with Gasteiger partial charge in [-0.05, 0) is 25.2 Å². The van der Waals surface area contributed by atoms with Crippen molar-refractivity contribution < 1.29 is 4.79 Å². The maximum atomic E-state index is 12.0. The van der Waals surface area contributed by atoms with E-state index in [9.17, 15) is 4.79 Å². The highest BCUT2D eigenvalue weighted by molar-refractivity contribution is 9.10. The molecule has 0 aliphatic carbocycles. The van der Waals surface area contributed by atoms with Crippen molar-refractivity contribution in [2.75, 3.05) is 31.5 Å². The Hall–Kier alpha value is -0.910. The lowest BCUT2D eigenvalue weighted by Crippen LogP contribution is -2.35. The van der Waals surface area contributed by atoms with Crippen LogP contribution in [0.3, 0.4) is 0 Å². The van der Waals surface area contributed by atoms with Crippen molar-refractivity contribution in [3.63, 3.8) is 0 Å². The van der Waals surface area contributed by atoms with E-state index in [0.29, 0.717) is 0 Å². The normalized spacial score (nSPS) is 17.7. The summed E-state index contributed by atoms with van der Waals surface area (Å²) >= 11 is 3.42. The van der Waals surface area contributed by atoms with E-state index >= 15 is 0 Å². The Kier molecular flexibility index (Phi) is 4.96. The number of anilines is 1. The Bertz CT molecular complexity index is 460. The molecular formula is C14H20BrN3O. The number of likely N-dealkylation sites (N-methyl/N-ethyl adjacent to an activating group) is 1. The first-order chi connectivity index (χ1) is 9.15.